The summed E-state index contributed by atoms with van der Waals surface area (Å²) in [6.45, 7) is 4.90. The van der Waals surface area contributed by atoms with Gasteiger partial charge in [0.2, 0.25) is 0 Å². The molecule has 30 heavy (non-hydrogen) atoms. The number of fused-ring (bicyclic) bond motifs is 1. The monoisotopic (exact) mass is 448 g/mol. The molecule has 0 bridgehead atoms. The number of rotatable bonds is 4. The molecule has 0 amide bonds. The van der Waals surface area contributed by atoms with Gasteiger partial charge in [-0.05, 0) is 61.3 Å². The first kappa shape index (κ1) is 24.2. The largest absolute Gasteiger partial charge is 0.534 e. The van der Waals surface area contributed by atoms with Gasteiger partial charge in [0.15, 0.2) is 0 Å². The van der Waals surface area contributed by atoms with Crippen molar-refractivity contribution >= 4 is 27.8 Å². The van der Waals surface area contributed by atoms with Crippen LogP contribution in [0.2, 0.25) is 0 Å². The van der Waals surface area contributed by atoms with E-state index in [1.807, 2.05) is 13.8 Å². The number of benzene rings is 1. The van der Waals surface area contributed by atoms with E-state index in [4.69, 9.17) is 20.1 Å². The molecule has 1 heterocycles. The van der Waals surface area contributed by atoms with Crippen LogP contribution in [0.15, 0.2) is 17.7 Å². The van der Waals surface area contributed by atoms with Crippen molar-refractivity contribution in [3.8, 4) is 0 Å². The summed E-state index contributed by atoms with van der Waals surface area (Å²) in [4.78, 5) is 0. The highest BCUT2D eigenvalue weighted by Crippen LogP contribution is 2.42. The van der Waals surface area contributed by atoms with Crippen LogP contribution in [0.25, 0.3) is 5.76 Å². The number of ether oxygens (including phenoxy) is 1. The standard InChI is InChI=1S/C18H21F3N2O4S.C2H6/c19-18(20,21)28(24,25)27-17-12(11-6-8-26-9-7-11)2-1-3-13-14(17)4-5-16(23)15(13)10-22;1-2/h4-5,10-11,22H,1-3,6-9,23H2;1-2H3. The van der Waals surface area contributed by atoms with Gasteiger partial charge in [0.05, 0.1) is 0 Å². The Morgan fingerprint density at radius 1 is 1.20 bits per heavy atom. The maximum atomic E-state index is 13.0. The van der Waals surface area contributed by atoms with Crippen LogP contribution in [0.5, 0.6) is 0 Å². The number of hydrogen-bond donors (Lipinski definition) is 2. The van der Waals surface area contributed by atoms with Crippen LogP contribution < -0.4 is 5.73 Å². The van der Waals surface area contributed by atoms with E-state index in [1.165, 1.54) is 12.1 Å². The molecule has 0 saturated carbocycles. The van der Waals surface area contributed by atoms with E-state index in [1.54, 1.807) is 0 Å². The van der Waals surface area contributed by atoms with Gasteiger partial charge in [0.1, 0.15) is 5.76 Å². The molecular weight excluding hydrogens is 421 g/mol. The molecule has 3 N–H and O–H groups in total. The van der Waals surface area contributed by atoms with Gasteiger partial charge >= 0.3 is 15.6 Å². The predicted molar refractivity (Wildman–Crippen MR) is 110 cm³/mol. The normalized spacial score (nSPS) is 18.0. The zero-order valence-corrected chi connectivity index (χ0v) is 17.8. The Morgan fingerprint density at radius 3 is 2.40 bits per heavy atom. The van der Waals surface area contributed by atoms with Crippen molar-refractivity contribution in [2.45, 2.75) is 51.5 Å². The smallest absolute Gasteiger partial charge is 0.398 e. The summed E-state index contributed by atoms with van der Waals surface area (Å²) in [5.41, 5.74) is 2.38. The number of nitrogens with two attached hydrogens (primary N) is 1. The molecular formula is C20H27F3N2O4S. The second kappa shape index (κ2) is 9.82. The van der Waals surface area contributed by atoms with Gasteiger partial charge in [0.25, 0.3) is 0 Å². The quantitative estimate of drug-likeness (QED) is 0.303. The zero-order valence-electron chi connectivity index (χ0n) is 17.0. The summed E-state index contributed by atoms with van der Waals surface area (Å²) in [5.74, 6) is -0.404. The molecule has 1 aromatic carbocycles. The van der Waals surface area contributed by atoms with Crippen molar-refractivity contribution in [2.75, 3.05) is 18.9 Å². The van der Waals surface area contributed by atoms with Crippen LogP contribution in [0, 0.1) is 11.3 Å². The lowest BCUT2D eigenvalue weighted by Gasteiger charge is -2.27. The minimum absolute atomic E-state index is 0.126. The van der Waals surface area contributed by atoms with Crippen molar-refractivity contribution in [1.29, 1.82) is 5.41 Å². The Balaban J connectivity index is 0.00000155. The second-order valence-electron chi connectivity index (χ2n) is 6.82. The maximum Gasteiger partial charge on any atom is 0.534 e. The van der Waals surface area contributed by atoms with E-state index in [2.05, 4.69) is 0 Å². The fourth-order valence-electron chi connectivity index (χ4n) is 3.77. The molecule has 0 unspecified atom stereocenters. The number of nitrogen functional groups attached to an aromatic ring is 1. The Labute approximate surface area is 174 Å². The fourth-order valence-corrected chi connectivity index (χ4v) is 4.28. The summed E-state index contributed by atoms with van der Waals surface area (Å²) in [7, 11) is -5.84. The van der Waals surface area contributed by atoms with Crippen LogP contribution in [-0.4, -0.2) is 33.4 Å². The van der Waals surface area contributed by atoms with Gasteiger partial charge in [0, 0.05) is 36.2 Å². The third-order valence-corrected chi connectivity index (χ3v) is 6.09. The third-order valence-electron chi connectivity index (χ3n) is 5.13. The highest BCUT2D eigenvalue weighted by Gasteiger charge is 2.49. The molecule has 0 atom stereocenters. The first-order valence-corrected chi connectivity index (χ1v) is 11.3. The van der Waals surface area contributed by atoms with Gasteiger partial charge in [-0.2, -0.15) is 21.6 Å². The number of allylic oxidation sites excluding steroid dienone is 1. The minimum atomic E-state index is -5.84. The number of halogens is 3. The van der Waals surface area contributed by atoms with E-state index in [9.17, 15) is 21.6 Å². The number of alkyl halides is 3. The molecule has 1 aliphatic carbocycles. The van der Waals surface area contributed by atoms with Crippen molar-refractivity contribution in [3.05, 3.63) is 34.4 Å². The number of hydrogen-bond acceptors (Lipinski definition) is 6. The topological polar surface area (TPSA) is 102 Å². The lowest BCUT2D eigenvalue weighted by molar-refractivity contribution is -0.0510. The van der Waals surface area contributed by atoms with Gasteiger partial charge in [-0.15, -0.1) is 0 Å². The van der Waals surface area contributed by atoms with Crippen molar-refractivity contribution < 1.29 is 30.5 Å². The molecule has 1 fully saturated rings. The molecule has 6 nitrogen and oxygen atoms in total. The first-order valence-electron chi connectivity index (χ1n) is 9.89. The minimum Gasteiger partial charge on any atom is -0.398 e. The molecule has 10 heteroatoms. The van der Waals surface area contributed by atoms with Crippen molar-refractivity contribution in [1.82, 2.24) is 0 Å². The molecule has 0 spiro atoms. The lowest BCUT2D eigenvalue weighted by Crippen LogP contribution is -2.26. The Bertz CT molecular complexity index is 905. The Hall–Kier alpha value is -2.07. The van der Waals surface area contributed by atoms with E-state index < -0.39 is 15.6 Å². The van der Waals surface area contributed by atoms with E-state index >= 15 is 0 Å². The van der Waals surface area contributed by atoms with Crippen LogP contribution in [0.4, 0.5) is 18.9 Å². The SMILES string of the molecule is CC.N=Cc1c(N)ccc2c1CCCC(C1CCOCC1)=C2OS(=O)(=O)C(F)(F)F. The molecule has 2 aliphatic rings. The average Bonchev–Trinajstić information content (AvgIpc) is 2.88. The maximum absolute atomic E-state index is 13.0. The van der Waals surface area contributed by atoms with Crippen molar-refractivity contribution in [2.24, 2.45) is 5.92 Å². The highest BCUT2D eigenvalue weighted by molar-refractivity contribution is 7.87. The summed E-state index contributed by atoms with van der Waals surface area (Å²) < 4.78 is 72.8. The van der Waals surface area contributed by atoms with E-state index in [0.717, 1.165) is 6.21 Å². The first-order chi connectivity index (χ1) is 14.2. The van der Waals surface area contributed by atoms with E-state index in [0.29, 0.717) is 67.7 Å². The molecule has 168 valence electrons. The predicted octanol–water partition coefficient (Wildman–Crippen LogP) is 4.63. The van der Waals surface area contributed by atoms with Crippen molar-refractivity contribution in [3.63, 3.8) is 0 Å². The van der Waals surface area contributed by atoms with Gasteiger partial charge in [-0.1, -0.05) is 13.8 Å². The van der Waals surface area contributed by atoms with Gasteiger partial charge in [-0.3, -0.25) is 0 Å². The molecule has 1 saturated heterocycles. The molecule has 0 radical (unpaired) electrons. The average molecular weight is 449 g/mol. The summed E-state index contributed by atoms with van der Waals surface area (Å²) in [6.07, 6.45) is 3.63. The van der Waals surface area contributed by atoms with E-state index in [-0.39, 0.29) is 17.2 Å². The molecule has 0 aromatic heterocycles. The second-order valence-corrected chi connectivity index (χ2v) is 8.35. The van der Waals surface area contributed by atoms with Gasteiger partial charge in [-0.25, -0.2) is 0 Å². The summed E-state index contributed by atoms with van der Waals surface area (Å²) in [6, 6.07) is 2.93. The molecule has 1 aliphatic heterocycles. The fraction of sp³-hybridized carbons (Fsp3) is 0.550. The van der Waals surface area contributed by atoms with Crippen LogP contribution in [0.1, 0.15) is 56.2 Å². The summed E-state index contributed by atoms with van der Waals surface area (Å²) >= 11 is 0. The molecule has 3 rings (SSSR count). The van der Waals surface area contributed by atoms with Crippen LogP contribution >= 0.6 is 0 Å². The third kappa shape index (κ3) is 4.97. The highest BCUT2D eigenvalue weighted by atomic mass is 32.2. The van der Waals surface area contributed by atoms with Gasteiger partial charge < -0.3 is 20.1 Å². The van der Waals surface area contributed by atoms with Crippen LogP contribution in [0.3, 0.4) is 0 Å². The number of nitrogens with one attached hydrogen (secondary N) is 1. The zero-order chi connectivity index (χ0) is 22.5. The summed E-state index contributed by atoms with van der Waals surface area (Å²) in [5, 5.41) is 7.61. The van der Waals surface area contributed by atoms with Crippen LogP contribution in [-0.2, 0) is 25.5 Å². The lowest BCUT2D eigenvalue weighted by atomic mass is 9.87. The number of anilines is 1. The Kier molecular flexibility index (Phi) is 7.93. The molecule has 1 aromatic rings. The Morgan fingerprint density at radius 2 is 1.83 bits per heavy atom.